The predicted molar refractivity (Wildman–Crippen MR) is 113 cm³/mol. The van der Waals surface area contributed by atoms with Crippen LogP contribution in [0.3, 0.4) is 0 Å². The molecule has 6 nitrogen and oxygen atoms in total. The Morgan fingerprint density at radius 1 is 1.04 bits per heavy atom. The van der Waals surface area contributed by atoms with E-state index in [1.54, 1.807) is 23.2 Å². The third kappa shape index (κ3) is 3.08. The monoisotopic (exact) mass is 443 g/mol. The van der Waals surface area contributed by atoms with E-state index in [1.165, 1.54) is 0 Å². The summed E-state index contributed by atoms with van der Waals surface area (Å²) in [5.74, 6) is -0.0431. The fourth-order valence-electron chi connectivity index (χ4n) is 3.97. The summed E-state index contributed by atoms with van der Waals surface area (Å²) >= 11 is 3.46. The minimum absolute atomic E-state index is 0.0431. The molecular weight excluding hydrogens is 422 g/mol. The van der Waals surface area contributed by atoms with E-state index >= 15 is 0 Å². The van der Waals surface area contributed by atoms with E-state index in [4.69, 9.17) is 4.74 Å². The maximum absolute atomic E-state index is 13.4. The summed E-state index contributed by atoms with van der Waals surface area (Å²) in [7, 11) is 3.48. The van der Waals surface area contributed by atoms with Crippen LogP contribution in [0.15, 0.2) is 51.7 Å². The fraction of sp³-hybridized carbons (Fsp3) is 0.333. The molecule has 1 aliphatic heterocycles. The van der Waals surface area contributed by atoms with Crippen molar-refractivity contribution < 1.29 is 9.53 Å². The van der Waals surface area contributed by atoms with E-state index < -0.39 is 5.41 Å². The maximum Gasteiger partial charge on any atom is 0.328 e. The predicted octanol–water partition coefficient (Wildman–Crippen LogP) is 3.33. The minimum Gasteiger partial charge on any atom is -0.381 e. The number of nitrogens with one attached hydrogen (secondary N) is 1. The highest BCUT2D eigenvalue weighted by Gasteiger charge is 2.41. The van der Waals surface area contributed by atoms with Gasteiger partial charge in [0.1, 0.15) is 0 Å². The molecule has 1 N–H and O–H groups in total. The zero-order valence-corrected chi connectivity index (χ0v) is 17.5. The van der Waals surface area contributed by atoms with Gasteiger partial charge in [-0.05, 0) is 48.7 Å². The molecule has 0 radical (unpaired) electrons. The Labute approximate surface area is 171 Å². The molecule has 1 saturated heterocycles. The Hall–Kier alpha value is -2.38. The normalized spacial score (nSPS) is 16.2. The third-order valence-electron chi connectivity index (χ3n) is 5.71. The van der Waals surface area contributed by atoms with Crippen molar-refractivity contribution in [3.05, 3.63) is 63.0 Å². The zero-order chi connectivity index (χ0) is 19.9. The molecule has 7 heteroatoms. The molecule has 1 aliphatic rings. The van der Waals surface area contributed by atoms with Crippen LogP contribution in [-0.2, 0) is 29.0 Å². The summed E-state index contributed by atoms with van der Waals surface area (Å²) in [4.78, 5) is 25.6. The Balaban J connectivity index is 1.70. The lowest BCUT2D eigenvalue weighted by atomic mass is 9.73. The molecule has 0 spiro atoms. The summed E-state index contributed by atoms with van der Waals surface area (Å²) in [5, 5.41) is 3.08. The van der Waals surface area contributed by atoms with Gasteiger partial charge in [0, 0.05) is 37.5 Å². The number of benzene rings is 2. The average Bonchev–Trinajstić information content (AvgIpc) is 2.93. The van der Waals surface area contributed by atoms with Crippen molar-refractivity contribution in [1.82, 2.24) is 9.13 Å². The van der Waals surface area contributed by atoms with E-state index in [2.05, 4.69) is 21.2 Å². The lowest BCUT2D eigenvalue weighted by Gasteiger charge is -2.36. The van der Waals surface area contributed by atoms with Crippen LogP contribution in [0.5, 0.6) is 0 Å². The van der Waals surface area contributed by atoms with Gasteiger partial charge in [-0.15, -0.1) is 0 Å². The summed E-state index contributed by atoms with van der Waals surface area (Å²) in [6, 6.07) is 13.5. The van der Waals surface area contributed by atoms with Crippen LogP contribution in [0.4, 0.5) is 5.69 Å². The molecule has 146 valence electrons. The minimum atomic E-state index is -0.628. The second-order valence-corrected chi connectivity index (χ2v) is 8.18. The summed E-state index contributed by atoms with van der Waals surface area (Å²) in [6.07, 6.45) is 1.26. The van der Waals surface area contributed by atoms with Crippen molar-refractivity contribution in [1.29, 1.82) is 0 Å². The van der Waals surface area contributed by atoms with Gasteiger partial charge in [-0.1, -0.05) is 28.1 Å². The van der Waals surface area contributed by atoms with Crippen LogP contribution in [0, 0.1) is 0 Å². The molecule has 2 heterocycles. The molecule has 0 unspecified atom stereocenters. The van der Waals surface area contributed by atoms with Crippen molar-refractivity contribution in [3.63, 3.8) is 0 Å². The highest BCUT2D eigenvalue weighted by atomic mass is 79.9. The van der Waals surface area contributed by atoms with Crippen LogP contribution in [-0.4, -0.2) is 28.3 Å². The Morgan fingerprint density at radius 3 is 2.36 bits per heavy atom. The van der Waals surface area contributed by atoms with Crippen molar-refractivity contribution in [2.75, 3.05) is 18.5 Å². The van der Waals surface area contributed by atoms with Gasteiger partial charge in [-0.2, -0.15) is 0 Å². The topological polar surface area (TPSA) is 65.3 Å². The number of carbonyl (C=O) groups excluding carboxylic acids is 1. The molecule has 0 bridgehead atoms. The Kier molecular flexibility index (Phi) is 4.89. The average molecular weight is 444 g/mol. The summed E-state index contributed by atoms with van der Waals surface area (Å²) < 4.78 is 9.70. The molecule has 0 aliphatic carbocycles. The number of fused-ring (bicyclic) bond motifs is 1. The quantitative estimate of drug-likeness (QED) is 0.674. The Bertz CT molecular complexity index is 1090. The highest BCUT2D eigenvalue weighted by molar-refractivity contribution is 9.10. The molecule has 0 atom stereocenters. The lowest BCUT2D eigenvalue weighted by molar-refractivity contribution is -0.125. The number of rotatable bonds is 3. The number of halogens is 1. The number of nitrogens with zero attached hydrogens (tertiary/aromatic N) is 2. The standard InChI is InChI=1S/C21H22BrN3O3/c1-24-17-8-7-16(13-18(17)25(2)20(24)27)23-19(26)21(9-11-28-12-10-21)14-3-5-15(22)6-4-14/h3-8,13H,9-12H2,1-2H3,(H,23,26). The first-order valence-corrected chi connectivity index (χ1v) is 10.0. The molecule has 1 amide bonds. The largest absolute Gasteiger partial charge is 0.381 e. The first-order valence-electron chi connectivity index (χ1n) is 9.23. The van der Waals surface area contributed by atoms with Crippen LogP contribution in [0.2, 0.25) is 0 Å². The van der Waals surface area contributed by atoms with Crippen LogP contribution >= 0.6 is 15.9 Å². The SMILES string of the molecule is Cn1c(=O)n(C)c2cc(NC(=O)C3(c4ccc(Br)cc4)CCOCC3)ccc21. The molecule has 0 saturated carbocycles. The van der Waals surface area contributed by atoms with Gasteiger partial charge in [0.15, 0.2) is 0 Å². The first-order chi connectivity index (χ1) is 13.4. The van der Waals surface area contributed by atoms with E-state index in [1.807, 2.05) is 42.5 Å². The van der Waals surface area contributed by atoms with Gasteiger partial charge in [-0.3, -0.25) is 13.9 Å². The van der Waals surface area contributed by atoms with Gasteiger partial charge >= 0.3 is 5.69 Å². The summed E-state index contributed by atoms with van der Waals surface area (Å²) in [5.41, 5.74) is 2.57. The number of hydrogen-bond donors (Lipinski definition) is 1. The second-order valence-electron chi connectivity index (χ2n) is 7.26. The van der Waals surface area contributed by atoms with Crippen molar-refractivity contribution in [2.45, 2.75) is 18.3 Å². The number of aromatic nitrogens is 2. The van der Waals surface area contributed by atoms with Crippen molar-refractivity contribution >= 4 is 38.6 Å². The number of hydrogen-bond acceptors (Lipinski definition) is 3. The fourth-order valence-corrected chi connectivity index (χ4v) is 4.24. The zero-order valence-electron chi connectivity index (χ0n) is 15.9. The third-order valence-corrected chi connectivity index (χ3v) is 6.24. The lowest BCUT2D eigenvalue weighted by Crippen LogP contribution is -2.44. The van der Waals surface area contributed by atoms with Crippen LogP contribution < -0.4 is 11.0 Å². The number of carbonyl (C=O) groups is 1. The molecular formula is C21H22BrN3O3. The van der Waals surface area contributed by atoms with E-state index in [0.717, 1.165) is 21.1 Å². The smallest absolute Gasteiger partial charge is 0.328 e. The van der Waals surface area contributed by atoms with Crippen molar-refractivity contribution in [2.24, 2.45) is 14.1 Å². The molecule has 1 aromatic heterocycles. The number of aryl methyl sites for hydroxylation is 2. The molecule has 1 fully saturated rings. The number of imidazole rings is 1. The maximum atomic E-state index is 13.4. The number of amides is 1. The molecule has 3 aromatic rings. The molecule has 4 rings (SSSR count). The van der Waals surface area contributed by atoms with E-state index in [-0.39, 0.29) is 11.6 Å². The summed E-state index contributed by atoms with van der Waals surface area (Å²) in [6.45, 7) is 1.10. The number of anilines is 1. The van der Waals surface area contributed by atoms with Crippen LogP contribution in [0.1, 0.15) is 18.4 Å². The number of ether oxygens (including phenoxy) is 1. The highest BCUT2D eigenvalue weighted by Crippen LogP contribution is 2.37. The molecule has 2 aromatic carbocycles. The Morgan fingerprint density at radius 2 is 1.68 bits per heavy atom. The van der Waals surface area contributed by atoms with E-state index in [9.17, 15) is 9.59 Å². The first kappa shape index (κ1) is 19.0. The van der Waals surface area contributed by atoms with Crippen molar-refractivity contribution in [3.8, 4) is 0 Å². The van der Waals surface area contributed by atoms with Gasteiger partial charge in [0.05, 0.1) is 16.4 Å². The van der Waals surface area contributed by atoms with E-state index in [0.29, 0.717) is 31.7 Å². The van der Waals surface area contributed by atoms with Gasteiger partial charge in [0.25, 0.3) is 0 Å². The van der Waals surface area contributed by atoms with Gasteiger partial charge < -0.3 is 10.1 Å². The van der Waals surface area contributed by atoms with Crippen LogP contribution in [0.25, 0.3) is 11.0 Å². The second kappa shape index (κ2) is 7.22. The van der Waals surface area contributed by atoms with Gasteiger partial charge in [-0.25, -0.2) is 4.79 Å². The van der Waals surface area contributed by atoms with Gasteiger partial charge in [0.2, 0.25) is 5.91 Å². The molecule has 28 heavy (non-hydrogen) atoms.